The molecule has 0 aliphatic carbocycles. The minimum atomic E-state index is -0.623. The molecule has 148 valence electrons. The number of benzene rings is 1. The zero-order chi connectivity index (χ0) is 21.0. The molecule has 0 spiro atoms. The molecule has 8 nitrogen and oxygen atoms in total. The van der Waals surface area contributed by atoms with Gasteiger partial charge >= 0.3 is 0 Å². The van der Waals surface area contributed by atoms with Gasteiger partial charge in [-0.15, -0.1) is 0 Å². The van der Waals surface area contributed by atoms with Crippen molar-refractivity contribution in [3.8, 4) is 17.3 Å². The molecular weight excluding hydrogens is 390 g/mol. The van der Waals surface area contributed by atoms with E-state index in [2.05, 4.69) is 31.8 Å². The lowest BCUT2D eigenvalue weighted by Crippen LogP contribution is -2.33. The summed E-state index contributed by atoms with van der Waals surface area (Å²) in [5.41, 5.74) is 1.92. The molecule has 29 heavy (non-hydrogen) atoms. The van der Waals surface area contributed by atoms with Gasteiger partial charge < -0.3 is 10.6 Å². The summed E-state index contributed by atoms with van der Waals surface area (Å²) in [5.74, 6) is 0.144. The first kappa shape index (κ1) is 20.3. The van der Waals surface area contributed by atoms with Crippen molar-refractivity contribution in [1.82, 2.24) is 25.1 Å². The quantitative estimate of drug-likeness (QED) is 0.644. The molecule has 0 aliphatic heterocycles. The highest BCUT2D eigenvalue weighted by Gasteiger charge is 2.18. The second-order valence-corrected chi connectivity index (χ2v) is 7.58. The first-order chi connectivity index (χ1) is 13.8. The molecule has 0 aliphatic rings. The summed E-state index contributed by atoms with van der Waals surface area (Å²) in [6.45, 7) is 3.81. The number of nitrogens with one attached hydrogen (secondary N) is 2. The Bertz CT molecular complexity index is 1070. The van der Waals surface area contributed by atoms with Gasteiger partial charge in [-0.2, -0.15) is 10.4 Å². The summed E-state index contributed by atoms with van der Waals surface area (Å²) in [4.78, 5) is 21.0. The monoisotopic (exact) mass is 409 g/mol. The van der Waals surface area contributed by atoms with Crippen molar-refractivity contribution >= 4 is 29.1 Å². The van der Waals surface area contributed by atoms with Crippen LogP contribution in [-0.2, 0) is 7.05 Å². The lowest BCUT2D eigenvalue weighted by atomic mass is 9.96. The Hall–Kier alpha value is -3.44. The van der Waals surface area contributed by atoms with Crippen LogP contribution in [0.3, 0.4) is 0 Å². The van der Waals surface area contributed by atoms with E-state index >= 15 is 0 Å². The average molecular weight is 410 g/mol. The summed E-state index contributed by atoms with van der Waals surface area (Å²) < 4.78 is 1.67. The normalized spacial score (nSPS) is 11.0. The summed E-state index contributed by atoms with van der Waals surface area (Å²) >= 11 is 6.28. The average Bonchev–Trinajstić information content (AvgIpc) is 3.12. The largest absolute Gasteiger partial charge is 0.350 e. The first-order valence-electron chi connectivity index (χ1n) is 8.85. The fourth-order valence-corrected chi connectivity index (χ4v) is 2.67. The fraction of sp³-hybridized carbons (Fsp3) is 0.250. The number of aryl methyl sites for hydroxylation is 1. The van der Waals surface area contributed by atoms with E-state index in [1.165, 1.54) is 6.20 Å². The number of carbonyl (C=O) groups is 1. The Balaban J connectivity index is 1.76. The minimum Gasteiger partial charge on any atom is -0.350 e. The van der Waals surface area contributed by atoms with Gasteiger partial charge in [0.05, 0.1) is 40.3 Å². The van der Waals surface area contributed by atoms with E-state index in [1.54, 1.807) is 55.2 Å². The summed E-state index contributed by atoms with van der Waals surface area (Å²) in [7, 11) is 1.82. The van der Waals surface area contributed by atoms with Gasteiger partial charge in [0.2, 0.25) is 5.95 Å². The van der Waals surface area contributed by atoms with Gasteiger partial charge in [-0.25, -0.2) is 9.97 Å². The first-order valence-corrected chi connectivity index (χ1v) is 9.23. The third-order valence-electron chi connectivity index (χ3n) is 4.12. The maximum absolute atomic E-state index is 12.3. The molecule has 2 aromatic heterocycles. The molecule has 0 saturated carbocycles. The van der Waals surface area contributed by atoms with Gasteiger partial charge in [-0.1, -0.05) is 23.7 Å². The lowest BCUT2D eigenvalue weighted by molar-refractivity contribution is 0.0944. The van der Waals surface area contributed by atoms with Crippen LogP contribution in [0.5, 0.6) is 0 Å². The molecule has 0 saturated heterocycles. The summed E-state index contributed by atoms with van der Waals surface area (Å²) in [6, 6.07) is 9.08. The lowest BCUT2D eigenvalue weighted by Gasteiger charge is -2.15. The van der Waals surface area contributed by atoms with E-state index < -0.39 is 5.41 Å². The van der Waals surface area contributed by atoms with Crippen molar-refractivity contribution < 1.29 is 4.79 Å². The molecule has 0 fully saturated rings. The van der Waals surface area contributed by atoms with E-state index in [1.807, 2.05) is 7.05 Å². The van der Waals surface area contributed by atoms with Crippen molar-refractivity contribution in [2.45, 2.75) is 13.8 Å². The Morgan fingerprint density at radius 2 is 2.00 bits per heavy atom. The molecule has 2 heterocycles. The maximum Gasteiger partial charge on any atom is 0.251 e. The third-order valence-corrected chi connectivity index (χ3v) is 4.40. The Morgan fingerprint density at radius 1 is 1.28 bits per heavy atom. The molecule has 9 heteroatoms. The number of halogens is 1. The van der Waals surface area contributed by atoms with Crippen LogP contribution in [0.1, 0.15) is 24.2 Å². The van der Waals surface area contributed by atoms with Gasteiger partial charge in [-0.05, 0) is 26.0 Å². The van der Waals surface area contributed by atoms with Gasteiger partial charge in [0.1, 0.15) is 0 Å². The Kier molecular flexibility index (Phi) is 5.80. The highest BCUT2D eigenvalue weighted by atomic mass is 35.5. The van der Waals surface area contributed by atoms with Crippen molar-refractivity contribution in [3.05, 3.63) is 53.4 Å². The number of hydrogen-bond donors (Lipinski definition) is 2. The molecule has 2 N–H and O–H groups in total. The predicted octanol–water partition coefficient (Wildman–Crippen LogP) is 3.55. The van der Waals surface area contributed by atoms with E-state index in [4.69, 9.17) is 16.9 Å². The van der Waals surface area contributed by atoms with Crippen molar-refractivity contribution in [3.63, 3.8) is 0 Å². The number of anilines is 2. The van der Waals surface area contributed by atoms with Crippen LogP contribution >= 0.6 is 11.6 Å². The summed E-state index contributed by atoms with van der Waals surface area (Å²) in [5, 5.41) is 19.4. The standard InChI is InChI=1S/C20H20ClN7O/c1-20(2,11-22)12-24-18(29)14-6-4-13(5-7-14)17-16(21)9-23-19(27-17)26-15-8-25-28(3)10-15/h4-10H,12H2,1-3H3,(H,24,29)(H,23,26,27). The van der Waals surface area contributed by atoms with Crippen LogP contribution in [0.2, 0.25) is 5.02 Å². The van der Waals surface area contributed by atoms with Crippen LogP contribution in [0.15, 0.2) is 42.9 Å². The highest BCUT2D eigenvalue weighted by molar-refractivity contribution is 6.32. The highest BCUT2D eigenvalue weighted by Crippen LogP contribution is 2.27. The minimum absolute atomic E-state index is 0.243. The van der Waals surface area contributed by atoms with Crippen LogP contribution in [0, 0.1) is 16.7 Å². The zero-order valence-electron chi connectivity index (χ0n) is 16.3. The molecule has 0 radical (unpaired) electrons. The number of rotatable bonds is 6. The zero-order valence-corrected chi connectivity index (χ0v) is 17.0. The number of hydrogen-bond acceptors (Lipinski definition) is 6. The van der Waals surface area contributed by atoms with Gasteiger partial charge in [-0.3, -0.25) is 9.48 Å². The predicted molar refractivity (Wildman–Crippen MR) is 111 cm³/mol. The summed E-state index contributed by atoms with van der Waals surface area (Å²) in [6.07, 6.45) is 4.99. The van der Waals surface area contributed by atoms with Crippen molar-refractivity contribution in [1.29, 1.82) is 5.26 Å². The molecular formula is C20H20ClN7O. The second-order valence-electron chi connectivity index (χ2n) is 7.17. The van der Waals surface area contributed by atoms with Crippen LogP contribution in [0.25, 0.3) is 11.3 Å². The number of nitriles is 1. The molecule has 0 unspecified atom stereocenters. The molecule has 0 bridgehead atoms. The van der Waals surface area contributed by atoms with Gasteiger partial charge in [0.25, 0.3) is 5.91 Å². The SMILES string of the molecule is Cn1cc(Nc2ncc(Cl)c(-c3ccc(C(=O)NCC(C)(C)C#N)cc3)n2)cn1. The van der Waals surface area contributed by atoms with E-state index in [9.17, 15) is 4.79 Å². The molecule has 0 atom stereocenters. The Morgan fingerprint density at radius 3 is 2.62 bits per heavy atom. The Labute approximate surface area is 173 Å². The smallest absolute Gasteiger partial charge is 0.251 e. The fourth-order valence-electron chi connectivity index (χ4n) is 2.47. The maximum atomic E-state index is 12.3. The van der Waals surface area contributed by atoms with Gasteiger partial charge in [0.15, 0.2) is 0 Å². The van der Waals surface area contributed by atoms with Crippen molar-refractivity contribution in [2.75, 3.05) is 11.9 Å². The molecule has 1 amide bonds. The van der Waals surface area contributed by atoms with E-state index in [-0.39, 0.29) is 12.5 Å². The van der Waals surface area contributed by atoms with Gasteiger partial charge in [0, 0.05) is 30.9 Å². The van der Waals surface area contributed by atoms with E-state index in [0.29, 0.717) is 22.2 Å². The molecule has 3 aromatic rings. The number of aromatic nitrogens is 4. The number of nitrogens with zero attached hydrogens (tertiary/aromatic N) is 5. The van der Waals surface area contributed by atoms with Crippen LogP contribution in [-0.4, -0.2) is 32.2 Å². The number of carbonyl (C=O) groups excluding carboxylic acids is 1. The van der Waals surface area contributed by atoms with Crippen LogP contribution in [0.4, 0.5) is 11.6 Å². The second kappa shape index (κ2) is 8.29. The van der Waals surface area contributed by atoms with E-state index in [0.717, 1.165) is 11.3 Å². The molecule has 3 rings (SSSR count). The molecule has 1 aromatic carbocycles. The third kappa shape index (κ3) is 5.09. The van der Waals surface area contributed by atoms with Crippen molar-refractivity contribution in [2.24, 2.45) is 12.5 Å². The topological polar surface area (TPSA) is 109 Å². The van der Waals surface area contributed by atoms with Crippen LogP contribution < -0.4 is 10.6 Å². The number of amides is 1.